The first kappa shape index (κ1) is 12.3. The third-order valence-corrected chi connectivity index (χ3v) is 4.27. The molecule has 0 spiro atoms. The van der Waals surface area contributed by atoms with E-state index in [0.717, 1.165) is 11.8 Å². The van der Waals surface area contributed by atoms with Crippen LogP contribution in [-0.2, 0) is 0 Å². The molecule has 0 amide bonds. The van der Waals surface area contributed by atoms with Gasteiger partial charge in [0.15, 0.2) is 0 Å². The van der Waals surface area contributed by atoms with Crippen LogP contribution in [0.2, 0.25) is 0 Å². The van der Waals surface area contributed by atoms with Crippen LogP contribution >= 0.6 is 0 Å². The lowest BCUT2D eigenvalue weighted by molar-refractivity contribution is 0.439. The minimum Gasteiger partial charge on any atom is -0.305 e. The molecule has 2 saturated carbocycles. The summed E-state index contributed by atoms with van der Waals surface area (Å²) in [7, 11) is 0. The van der Waals surface area contributed by atoms with Crippen molar-refractivity contribution in [2.75, 3.05) is 0 Å². The molecule has 0 bridgehead atoms. The first-order chi connectivity index (χ1) is 8.49. The Labute approximate surface area is 110 Å². The van der Waals surface area contributed by atoms with Crippen molar-refractivity contribution in [2.45, 2.75) is 65.0 Å². The maximum absolute atomic E-state index is 4.59. The van der Waals surface area contributed by atoms with Gasteiger partial charge in [0, 0.05) is 12.0 Å². The van der Waals surface area contributed by atoms with Crippen molar-refractivity contribution in [1.29, 1.82) is 0 Å². The predicted octanol–water partition coefficient (Wildman–Crippen LogP) is 3.01. The Bertz CT molecular complexity index is 398. The largest absolute Gasteiger partial charge is 0.305 e. The van der Waals surface area contributed by atoms with Gasteiger partial charge in [0.25, 0.3) is 0 Å². The first-order valence-electron chi connectivity index (χ1n) is 7.42. The summed E-state index contributed by atoms with van der Waals surface area (Å²) in [5, 5.41) is 12.8. The molecule has 3 heteroatoms. The molecular weight excluding hydrogens is 222 g/mol. The zero-order valence-corrected chi connectivity index (χ0v) is 12.0. The molecule has 1 heterocycles. The maximum atomic E-state index is 4.59. The molecule has 3 nitrogen and oxygen atoms in total. The van der Waals surface area contributed by atoms with Gasteiger partial charge in [-0.3, -0.25) is 0 Å². The highest BCUT2D eigenvalue weighted by Gasteiger charge is 2.49. The monoisotopic (exact) mass is 247 g/mol. The van der Waals surface area contributed by atoms with Crippen LogP contribution in [0.3, 0.4) is 0 Å². The Morgan fingerprint density at radius 3 is 2.28 bits per heavy atom. The SMILES string of the molecule is CC(C)NC(C)(C)C1=NN=C(C2CC2)C1C1CC1. The van der Waals surface area contributed by atoms with Crippen molar-refractivity contribution in [3.05, 3.63) is 0 Å². The number of hydrogen-bond donors (Lipinski definition) is 1. The van der Waals surface area contributed by atoms with Crippen LogP contribution in [0.25, 0.3) is 0 Å². The van der Waals surface area contributed by atoms with Gasteiger partial charge >= 0.3 is 0 Å². The summed E-state index contributed by atoms with van der Waals surface area (Å²) in [4.78, 5) is 0. The second kappa shape index (κ2) is 4.16. The Hall–Kier alpha value is -0.700. The van der Waals surface area contributed by atoms with Crippen LogP contribution in [0.15, 0.2) is 10.2 Å². The molecule has 18 heavy (non-hydrogen) atoms. The van der Waals surface area contributed by atoms with Gasteiger partial charge in [-0.15, -0.1) is 0 Å². The molecule has 3 aliphatic rings. The van der Waals surface area contributed by atoms with E-state index in [-0.39, 0.29) is 5.54 Å². The Balaban J connectivity index is 1.80. The lowest BCUT2D eigenvalue weighted by atomic mass is 9.81. The van der Waals surface area contributed by atoms with Crippen LogP contribution in [0.4, 0.5) is 0 Å². The molecule has 0 aromatic carbocycles. The van der Waals surface area contributed by atoms with Gasteiger partial charge < -0.3 is 5.32 Å². The molecule has 0 aromatic rings. The Morgan fingerprint density at radius 1 is 1.11 bits per heavy atom. The summed E-state index contributed by atoms with van der Waals surface area (Å²) >= 11 is 0. The number of hydrogen-bond acceptors (Lipinski definition) is 3. The third kappa shape index (κ3) is 2.25. The van der Waals surface area contributed by atoms with Crippen LogP contribution in [0, 0.1) is 17.8 Å². The zero-order chi connectivity index (χ0) is 12.9. The molecule has 2 fully saturated rings. The fraction of sp³-hybridized carbons (Fsp3) is 0.867. The van der Waals surface area contributed by atoms with Gasteiger partial charge in [-0.2, -0.15) is 10.2 Å². The Morgan fingerprint density at radius 2 is 1.78 bits per heavy atom. The maximum Gasteiger partial charge on any atom is 0.0691 e. The molecule has 1 aliphatic heterocycles. The van der Waals surface area contributed by atoms with Crippen molar-refractivity contribution in [3.8, 4) is 0 Å². The zero-order valence-electron chi connectivity index (χ0n) is 12.0. The van der Waals surface area contributed by atoms with E-state index in [0.29, 0.717) is 12.0 Å². The van der Waals surface area contributed by atoms with E-state index < -0.39 is 0 Å². The van der Waals surface area contributed by atoms with Crippen molar-refractivity contribution in [3.63, 3.8) is 0 Å². The van der Waals surface area contributed by atoms with E-state index in [9.17, 15) is 0 Å². The van der Waals surface area contributed by atoms with Crippen LogP contribution in [0.5, 0.6) is 0 Å². The molecule has 2 aliphatic carbocycles. The third-order valence-electron chi connectivity index (χ3n) is 4.27. The van der Waals surface area contributed by atoms with E-state index in [4.69, 9.17) is 0 Å². The summed E-state index contributed by atoms with van der Waals surface area (Å²) < 4.78 is 0. The smallest absolute Gasteiger partial charge is 0.0691 e. The van der Waals surface area contributed by atoms with Crippen molar-refractivity contribution < 1.29 is 0 Å². The molecule has 0 saturated heterocycles. The minimum absolute atomic E-state index is 0.0262. The molecule has 3 rings (SSSR count). The van der Waals surface area contributed by atoms with Gasteiger partial charge in [-0.25, -0.2) is 0 Å². The fourth-order valence-electron chi connectivity index (χ4n) is 3.29. The van der Waals surface area contributed by atoms with Crippen LogP contribution in [-0.4, -0.2) is 23.0 Å². The van der Waals surface area contributed by atoms with Gasteiger partial charge in [0.1, 0.15) is 0 Å². The standard InChI is InChI=1S/C15H25N3/c1-9(2)16-15(3,4)14-12(10-5-6-10)13(17-18-14)11-7-8-11/h9-12,16H,5-8H2,1-4H3. The second-order valence-corrected chi connectivity index (χ2v) is 7.02. The number of nitrogens with zero attached hydrogens (tertiary/aromatic N) is 2. The van der Waals surface area contributed by atoms with Gasteiger partial charge in [0.2, 0.25) is 0 Å². The highest BCUT2D eigenvalue weighted by molar-refractivity contribution is 6.15. The van der Waals surface area contributed by atoms with Gasteiger partial charge in [0.05, 0.1) is 17.0 Å². The van der Waals surface area contributed by atoms with Crippen molar-refractivity contribution in [2.24, 2.45) is 28.0 Å². The summed E-state index contributed by atoms with van der Waals surface area (Å²) in [5.41, 5.74) is 2.67. The molecule has 1 N–H and O–H groups in total. The normalized spacial score (nSPS) is 28.6. The molecular formula is C15H25N3. The Kier molecular flexibility index (Phi) is 2.85. The van der Waals surface area contributed by atoms with Gasteiger partial charge in [-0.1, -0.05) is 13.8 Å². The van der Waals surface area contributed by atoms with Crippen molar-refractivity contribution >= 4 is 11.4 Å². The fourth-order valence-corrected chi connectivity index (χ4v) is 3.29. The van der Waals surface area contributed by atoms with E-state index in [1.807, 2.05) is 0 Å². The van der Waals surface area contributed by atoms with E-state index >= 15 is 0 Å². The second-order valence-electron chi connectivity index (χ2n) is 7.02. The summed E-state index contributed by atoms with van der Waals surface area (Å²) in [6.07, 6.45) is 5.41. The summed E-state index contributed by atoms with van der Waals surface area (Å²) in [5.74, 6) is 2.14. The molecule has 100 valence electrons. The molecule has 0 radical (unpaired) electrons. The quantitative estimate of drug-likeness (QED) is 0.796. The lowest BCUT2D eigenvalue weighted by Crippen LogP contribution is -2.53. The topological polar surface area (TPSA) is 36.8 Å². The van der Waals surface area contributed by atoms with Crippen molar-refractivity contribution in [1.82, 2.24) is 5.32 Å². The predicted molar refractivity (Wildman–Crippen MR) is 76.2 cm³/mol. The van der Waals surface area contributed by atoms with Gasteiger partial charge in [-0.05, 0) is 51.4 Å². The van der Waals surface area contributed by atoms with Crippen LogP contribution in [0.1, 0.15) is 53.4 Å². The highest BCUT2D eigenvalue weighted by Crippen LogP contribution is 2.47. The number of rotatable bonds is 5. The van der Waals surface area contributed by atoms with Crippen LogP contribution < -0.4 is 5.32 Å². The minimum atomic E-state index is -0.0262. The van der Waals surface area contributed by atoms with E-state index in [2.05, 4.69) is 43.2 Å². The van der Waals surface area contributed by atoms with E-state index in [1.165, 1.54) is 37.1 Å². The summed E-state index contributed by atoms with van der Waals surface area (Å²) in [6, 6.07) is 0.479. The average molecular weight is 247 g/mol. The molecule has 0 aromatic heterocycles. The number of nitrogens with one attached hydrogen (secondary N) is 1. The average Bonchev–Trinajstić information content (AvgIpc) is 3.15. The lowest BCUT2D eigenvalue weighted by Gasteiger charge is -2.32. The molecule has 1 unspecified atom stereocenters. The summed E-state index contributed by atoms with van der Waals surface area (Å²) in [6.45, 7) is 8.91. The first-order valence-corrected chi connectivity index (χ1v) is 7.42. The molecule has 1 atom stereocenters. The van der Waals surface area contributed by atoms with E-state index in [1.54, 1.807) is 0 Å². The highest BCUT2D eigenvalue weighted by atomic mass is 15.3.